The molecule has 0 N–H and O–H groups in total. The van der Waals surface area contributed by atoms with E-state index in [1.165, 1.54) is 25.7 Å². The summed E-state index contributed by atoms with van der Waals surface area (Å²) < 4.78 is 4.70. The van der Waals surface area contributed by atoms with Crippen molar-refractivity contribution in [2.45, 2.75) is 88.4 Å². The van der Waals surface area contributed by atoms with Crippen LogP contribution in [-0.2, 0) is 14.3 Å². The van der Waals surface area contributed by atoms with Crippen LogP contribution in [0.25, 0.3) is 0 Å². The van der Waals surface area contributed by atoms with Crippen LogP contribution in [0.5, 0.6) is 0 Å². The first-order chi connectivity index (χ1) is 9.61. The Labute approximate surface area is 283 Å². The van der Waals surface area contributed by atoms with Gasteiger partial charge in [0.1, 0.15) is 3.92 Å². The maximum Gasteiger partial charge on any atom is 1.00 e. The van der Waals surface area contributed by atoms with Crippen LogP contribution in [0.4, 0.5) is 0 Å². The normalized spacial score (nSPS) is 10.1. The Morgan fingerprint density at radius 2 is 1.38 bits per heavy atom. The second kappa shape index (κ2) is 29.8. The predicted molar refractivity (Wildman–Crippen MR) is 93.3 cm³/mol. The standard InChI is InChI=1S/C16H29IO3.BrH.2K.Na.2H/c1-3-5-7-9-11-13-15(18)20-16(19)14(17)12-10-8-6-4-2;;;;;;/h14H,3-13H2,1-2H3;1H;;;;;/q;;3*+1;2*-1/p-1. The molecule has 0 aliphatic carbocycles. The first-order valence-corrected chi connectivity index (χ1v) is 9.25. The van der Waals surface area contributed by atoms with Crippen molar-refractivity contribution in [3.8, 4) is 0 Å². The van der Waals surface area contributed by atoms with E-state index in [1.807, 2.05) is 0 Å². The van der Waals surface area contributed by atoms with Crippen LogP contribution in [-0.4, -0.2) is 15.9 Å². The van der Waals surface area contributed by atoms with Gasteiger partial charge in [-0.1, -0.05) is 87.8 Å². The third kappa shape index (κ3) is 26.6. The minimum atomic E-state index is -0.361. The van der Waals surface area contributed by atoms with Gasteiger partial charge in [-0.25, -0.2) is 0 Å². The number of carbonyl (C=O) groups is 2. The Hall–Kier alpha value is 4.62. The molecule has 1 atom stereocenters. The Morgan fingerprint density at radius 3 is 1.88 bits per heavy atom. The van der Waals surface area contributed by atoms with Gasteiger partial charge in [-0.3, -0.25) is 9.59 Å². The summed E-state index contributed by atoms with van der Waals surface area (Å²) in [5.41, 5.74) is 0. The average Bonchev–Trinajstić information content (AvgIpc) is 2.43. The third-order valence-corrected chi connectivity index (χ3v) is 4.40. The second-order valence-electron chi connectivity index (χ2n) is 5.27. The van der Waals surface area contributed by atoms with E-state index < -0.39 is 0 Å². The number of esters is 2. The molecule has 0 heterocycles. The Bertz CT molecular complexity index is 298. The summed E-state index contributed by atoms with van der Waals surface area (Å²) in [6, 6.07) is 0. The van der Waals surface area contributed by atoms with Crippen molar-refractivity contribution in [1.29, 1.82) is 0 Å². The summed E-state index contributed by atoms with van der Waals surface area (Å²) >= 11 is 2.08. The molecule has 0 fully saturated rings. The van der Waals surface area contributed by atoms with Crippen LogP contribution in [0.15, 0.2) is 0 Å². The fraction of sp³-hybridized carbons (Fsp3) is 0.875. The quantitative estimate of drug-likeness (QED) is 0.0578. The number of hydrogen-bond acceptors (Lipinski definition) is 3. The number of ether oxygens (including phenoxy) is 1. The van der Waals surface area contributed by atoms with Gasteiger partial charge in [0, 0.05) is 6.42 Å². The van der Waals surface area contributed by atoms with Gasteiger partial charge < -0.3 is 24.6 Å². The molecule has 0 aromatic carbocycles. The van der Waals surface area contributed by atoms with Crippen molar-refractivity contribution in [2.24, 2.45) is 0 Å². The zero-order valence-electron chi connectivity index (χ0n) is 18.3. The number of hydrogen-bond donors (Lipinski definition) is 0. The van der Waals surface area contributed by atoms with Gasteiger partial charge in [0.2, 0.25) is 0 Å². The van der Waals surface area contributed by atoms with Gasteiger partial charge in [-0.2, -0.15) is 0 Å². The molecule has 0 radical (unpaired) electrons. The zero-order valence-corrected chi connectivity index (χ0v) is 28.3. The molecule has 3 nitrogen and oxygen atoms in total. The van der Waals surface area contributed by atoms with Crippen LogP contribution in [0, 0.1) is 0 Å². The van der Waals surface area contributed by atoms with Crippen molar-refractivity contribution in [1.82, 2.24) is 0 Å². The van der Waals surface area contributed by atoms with Crippen molar-refractivity contribution < 1.29 is 166 Å². The first-order valence-electron chi connectivity index (χ1n) is 8.00. The molecule has 0 aromatic rings. The molecule has 0 rings (SSSR count). The molecule has 0 bridgehead atoms. The van der Waals surface area contributed by atoms with Gasteiger partial charge in [-0.05, 0) is 12.8 Å². The summed E-state index contributed by atoms with van der Waals surface area (Å²) in [6.45, 7) is 4.32. The molecular formula is C16H31BrIK2NaO3. The molecule has 8 heteroatoms. The van der Waals surface area contributed by atoms with Crippen LogP contribution < -0.4 is 149 Å². The molecule has 0 saturated carbocycles. The summed E-state index contributed by atoms with van der Waals surface area (Å²) in [4.78, 5) is 23.2. The van der Waals surface area contributed by atoms with E-state index in [0.29, 0.717) is 6.42 Å². The second-order valence-corrected chi connectivity index (χ2v) is 6.78. The molecule has 0 spiro atoms. The van der Waals surface area contributed by atoms with E-state index in [9.17, 15) is 9.59 Å². The fourth-order valence-electron chi connectivity index (χ4n) is 1.97. The first kappa shape index (κ1) is 39.1. The maximum absolute atomic E-state index is 11.7. The third-order valence-electron chi connectivity index (χ3n) is 3.27. The molecular weight excluding hydrogens is 548 g/mol. The summed E-state index contributed by atoms with van der Waals surface area (Å²) in [6.07, 6.45) is 11.2. The van der Waals surface area contributed by atoms with Gasteiger partial charge in [0.15, 0.2) is 0 Å². The maximum atomic E-state index is 11.7. The van der Waals surface area contributed by atoms with E-state index in [1.54, 1.807) is 0 Å². The molecule has 0 saturated heterocycles. The molecule has 0 amide bonds. The van der Waals surface area contributed by atoms with Crippen molar-refractivity contribution in [2.75, 3.05) is 0 Å². The number of rotatable bonds is 12. The fourth-order valence-corrected chi connectivity index (χ4v) is 2.54. The summed E-state index contributed by atoms with van der Waals surface area (Å²) in [7, 11) is 0. The molecule has 130 valence electrons. The van der Waals surface area contributed by atoms with E-state index in [0.717, 1.165) is 38.5 Å². The van der Waals surface area contributed by atoms with Gasteiger partial charge in [0.05, 0.1) is 0 Å². The van der Waals surface area contributed by atoms with Gasteiger partial charge in [-0.15, -0.1) is 0 Å². The molecule has 24 heavy (non-hydrogen) atoms. The number of carbonyl (C=O) groups excluding carboxylic acids is 2. The largest absolute Gasteiger partial charge is 1.00 e. The topological polar surface area (TPSA) is 43.4 Å². The molecule has 0 aromatic heterocycles. The van der Waals surface area contributed by atoms with Crippen molar-refractivity contribution >= 4 is 34.5 Å². The van der Waals surface area contributed by atoms with E-state index in [-0.39, 0.29) is 168 Å². The van der Waals surface area contributed by atoms with Crippen molar-refractivity contribution in [3.63, 3.8) is 0 Å². The Balaban J connectivity index is -0.000000120. The Kier molecular flexibility index (Phi) is 48.6. The zero-order chi connectivity index (χ0) is 15.2. The SMILES string of the molecule is CCCCCCCC(=O)OC(=O)C(I)CCCCCC.[Br-].[H-].[H-].[K+].[K+].[Na+]. The van der Waals surface area contributed by atoms with Crippen molar-refractivity contribution in [3.05, 3.63) is 0 Å². The summed E-state index contributed by atoms with van der Waals surface area (Å²) in [5, 5.41) is 0. The molecule has 0 aliphatic rings. The minimum Gasteiger partial charge on any atom is -1.00 e. The number of alkyl halides is 1. The minimum absolute atomic E-state index is 0. The van der Waals surface area contributed by atoms with Gasteiger partial charge >= 0.3 is 144 Å². The van der Waals surface area contributed by atoms with E-state index >= 15 is 0 Å². The molecule has 0 aliphatic heterocycles. The number of unbranched alkanes of at least 4 members (excludes halogenated alkanes) is 7. The molecule has 1 unspecified atom stereocenters. The van der Waals surface area contributed by atoms with Crippen LogP contribution in [0.1, 0.15) is 87.3 Å². The van der Waals surface area contributed by atoms with E-state index in [4.69, 9.17) is 4.74 Å². The predicted octanol–water partition coefficient (Wildman–Crippen LogP) is -6.57. The van der Waals surface area contributed by atoms with E-state index in [2.05, 4.69) is 36.4 Å². The smallest absolute Gasteiger partial charge is 1.00 e. The monoisotopic (exact) mass is 578 g/mol. The van der Waals surface area contributed by atoms with Gasteiger partial charge in [0.25, 0.3) is 0 Å². The van der Waals surface area contributed by atoms with Crippen LogP contribution in [0.2, 0.25) is 0 Å². The summed E-state index contributed by atoms with van der Waals surface area (Å²) in [5.74, 6) is -0.720. The van der Waals surface area contributed by atoms with Crippen LogP contribution in [0.3, 0.4) is 0 Å². The van der Waals surface area contributed by atoms with Crippen LogP contribution >= 0.6 is 22.6 Å². The number of halogens is 2. The average molecular weight is 579 g/mol. The Morgan fingerprint density at radius 1 is 0.917 bits per heavy atom.